The molecular formula is C42H50N12O4. The average Bonchev–Trinajstić information content (AvgIpc) is 4.03. The Bertz CT molecular complexity index is 2480. The minimum absolute atomic E-state index is 0.00445. The maximum Gasteiger partial charge on any atom is 0.243 e. The zero-order valence-electron chi connectivity index (χ0n) is 33.2. The van der Waals surface area contributed by atoms with Gasteiger partial charge in [0.15, 0.2) is 0 Å². The van der Waals surface area contributed by atoms with Crippen molar-refractivity contribution in [2.75, 3.05) is 0 Å². The third kappa shape index (κ3) is 6.94. The van der Waals surface area contributed by atoms with Crippen molar-refractivity contribution in [1.82, 2.24) is 60.8 Å². The smallest absolute Gasteiger partial charge is 0.243 e. The molecule has 0 unspecified atom stereocenters. The lowest BCUT2D eigenvalue weighted by molar-refractivity contribution is -0.249. The molecule has 0 bridgehead atoms. The van der Waals surface area contributed by atoms with Crippen LogP contribution in [0.2, 0.25) is 0 Å². The second-order valence-electron chi connectivity index (χ2n) is 17.3. The van der Waals surface area contributed by atoms with Crippen molar-refractivity contribution < 1.29 is 19.6 Å². The minimum atomic E-state index is -0.985. The maximum absolute atomic E-state index is 14.6. The Labute approximate surface area is 335 Å². The van der Waals surface area contributed by atoms with Gasteiger partial charge in [-0.1, -0.05) is 41.6 Å². The predicted molar refractivity (Wildman–Crippen MR) is 215 cm³/mol. The van der Waals surface area contributed by atoms with Gasteiger partial charge in [0, 0.05) is 75.5 Å². The number of carbonyl (C=O) groups excluding carboxylic acids is 3. The van der Waals surface area contributed by atoms with E-state index in [-0.39, 0.29) is 37.9 Å². The number of imidazole rings is 1. The van der Waals surface area contributed by atoms with Crippen LogP contribution in [-0.2, 0) is 53.3 Å². The van der Waals surface area contributed by atoms with Crippen molar-refractivity contribution in [3.63, 3.8) is 0 Å². The largest absolute Gasteiger partial charge is 0.357 e. The first kappa shape index (κ1) is 37.7. The van der Waals surface area contributed by atoms with Gasteiger partial charge in [-0.2, -0.15) is 5.06 Å². The molecule has 0 spiro atoms. The summed E-state index contributed by atoms with van der Waals surface area (Å²) in [6.45, 7) is 8.82. The highest BCUT2D eigenvalue weighted by Gasteiger charge is 2.46. The lowest BCUT2D eigenvalue weighted by atomic mass is 9.79. The third-order valence-electron chi connectivity index (χ3n) is 12.3. The van der Waals surface area contributed by atoms with E-state index in [1.165, 1.54) is 11.4 Å². The van der Waals surface area contributed by atoms with Crippen molar-refractivity contribution in [1.29, 1.82) is 0 Å². The number of aromatic amines is 3. The molecule has 3 aliphatic rings. The number of nitrogens with one attached hydrogen (secondary N) is 6. The summed E-state index contributed by atoms with van der Waals surface area (Å²) in [5.41, 5.74) is 6.34. The molecule has 16 heteroatoms. The van der Waals surface area contributed by atoms with Crippen LogP contribution in [0.5, 0.6) is 0 Å². The van der Waals surface area contributed by atoms with E-state index in [9.17, 15) is 19.6 Å². The quantitative estimate of drug-likeness (QED) is 0.114. The Hall–Kier alpha value is -5.84. The third-order valence-corrected chi connectivity index (χ3v) is 12.3. The molecule has 7 N–H and O–H groups in total. The number of hydrogen-bond acceptors (Lipinski definition) is 9. The van der Waals surface area contributed by atoms with Crippen LogP contribution in [0, 0.1) is 0 Å². The van der Waals surface area contributed by atoms with Crippen molar-refractivity contribution >= 4 is 39.5 Å². The Balaban J connectivity index is 0.948. The molecule has 58 heavy (non-hydrogen) atoms. The lowest BCUT2D eigenvalue weighted by Crippen LogP contribution is -2.60. The number of carbonyl (C=O) groups is 3. The first-order chi connectivity index (χ1) is 27.8. The van der Waals surface area contributed by atoms with Crippen LogP contribution in [0.3, 0.4) is 0 Å². The Morgan fingerprint density at radius 2 is 1.60 bits per heavy atom. The minimum Gasteiger partial charge on any atom is -0.357 e. The fraction of sp³-hybridized carbons (Fsp3) is 0.429. The molecule has 2 aromatic carbocycles. The van der Waals surface area contributed by atoms with Gasteiger partial charge in [-0.15, -0.1) is 5.10 Å². The number of para-hydroxylation sites is 2. The summed E-state index contributed by atoms with van der Waals surface area (Å²) in [7, 11) is 0. The number of fused-ring (bicyclic) bond motifs is 6. The van der Waals surface area contributed by atoms with Crippen LogP contribution in [0.15, 0.2) is 67.3 Å². The SMILES string of the molecule is CC1(C)CC(n2cc(CNC(=O)[C@@H](Cc3cnc[nH]3)NC(=O)[C@@H]3Cc4c([nH]c5ccccc45)CN3C(=O)[C@@H]3Cc4c([nH]c5ccccc45)CN3)nn2)CC(C)(C)N1O. The van der Waals surface area contributed by atoms with Crippen LogP contribution in [-0.4, -0.2) is 97.0 Å². The highest BCUT2D eigenvalue weighted by atomic mass is 16.5. The number of hydroxylamine groups is 2. The number of amides is 3. The molecular weight excluding hydrogens is 737 g/mol. The first-order valence-corrected chi connectivity index (χ1v) is 20.0. The van der Waals surface area contributed by atoms with Crippen molar-refractivity contribution in [2.45, 2.75) is 115 Å². The zero-order chi connectivity index (χ0) is 40.3. The Kier molecular flexibility index (Phi) is 9.44. The first-order valence-electron chi connectivity index (χ1n) is 20.0. The van der Waals surface area contributed by atoms with E-state index >= 15 is 0 Å². The van der Waals surface area contributed by atoms with Gasteiger partial charge in [0.25, 0.3) is 0 Å². The zero-order valence-corrected chi connectivity index (χ0v) is 33.2. The molecule has 3 atom stereocenters. The fourth-order valence-corrected chi connectivity index (χ4v) is 9.56. The van der Waals surface area contributed by atoms with Gasteiger partial charge in [-0.25, -0.2) is 9.67 Å². The standard InChI is InChI=1S/C42H50N12O4/c1-41(2)16-26(17-42(3,4)54(41)58)53-21-25(50-51-53)19-45-38(55)33(13-24-18-43-23-46-24)49-39(56)37-15-30-28-10-6-8-12-32(28)48-36(30)22-52(37)40(57)34-14-29-27-9-5-7-11-31(27)47-35(29)20-44-34/h5-12,18,21,23,26,33-34,37,44,47-48,58H,13-17,19-20,22H2,1-4H3,(H,43,46)(H,45,55)(H,49,56)/t33-,34+,37+/m1/s1. The number of aromatic nitrogens is 7. The van der Waals surface area contributed by atoms with Crippen molar-refractivity contribution in [2.24, 2.45) is 0 Å². The monoisotopic (exact) mass is 786 g/mol. The normalized spacial score (nSPS) is 21.1. The molecule has 0 radical (unpaired) electrons. The molecule has 7 heterocycles. The summed E-state index contributed by atoms with van der Waals surface area (Å²) in [6, 6.07) is 13.7. The van der Waals surface area contributed by atoms with Crippen LogP contribution in [0.25, 0.3) is 21.8 Å². The second-order valence-corrected chi connectivity index (χ2v) is 17.3. The number of benzene rings is 2. The number of rotatable bonds is 9. The second kappa shape index (κ2) is 14.5. The molecule has 3 amide bonds. The van der Waals surface area contributed by atoms with E-state index in [0.29, 0.717) is 37.2 Å². The van der Waals surface area contributed by atoms with Crippen molar-refractivity contribution in [3.8, 4) is 0 Å². The van der Waals surface area contributed by atoms with E-state index < -0.39 is 41.0 Å². The van der Waals surface area contributed by atoms with Crippen LogP contribution in [0.4, 0.5) is 0 Å². The molecule has 302 valence electrons. The van der Waals surface area contributed by atoms with E-state index in [2.05, 4.69) is 52.3 Å². The summed E-state index contributed by atoms with van der Waals surface area (Å²) >= 11 is 0. The fourth-order valence-electron chi connectivity index (χ4n) is 9.56. The van der Waals surface area contributed by atoms with E-state index in [1.807, 2.05) is 81.0 Å². The molecule has 16 nitrogen and oxygen atoms in total. The summed E-state index contributed by atoms with van der Waals surface area (Å²) in [4.78, 5) is 59.1. The van der Waals surface area contributed by atoms with Gasteiger partial charge in [-0.3, -0.25) is 19.7 Å². The molecule has 4 aromatic heterocycles. The highest BCUT2D eigenvalue weighted by Crippen LogP contribution is 2.42. The number of hydrogen-bond donors (Lipinski definition) is 7. The maximum atomic E-state index is 14.6. The summed E-state index contributed by atoms with van der Waals surface area (Å²) in [6.07, 6.45) is 7.24. The summed E-state index contributed by atoms with van der Waals surface area (Å²) < 4.78 is 1.82. The molecule has 0 saturated carbocycles. The van der Waals surface area contributed by atoms with E-state index in [1.54, 1.807) is 11.1 Å². The van der Waals surface area contributed by atoms with Crippen LogP contribution >= 0.6 is 0 Å². The Morgan fingerprint density at radius 1 is 0.931 bits per heavy atom. The van der Waals surface area contributed by atoms with Gasteiger partial charge < -0.3 is 35.7 Å². The average molecular weight is 787 g/mol. The molecule has 1 saturated heterocycles. The van der Waals surface area contributed by atoms with Crippen molar-refractivity contribution in [3.05, 3.63) is 101 Å². The van der Waals surface area contributed by atoms with Crippen LogP contribution in [0.1, 0.15) is 80.5 Å². The van der Waals surface area contributed by atoms with E-state index in [4.69, 9.17) is 0 Å². The van der Waals surface area contributed by atoms with Gasteiger partial charge in [0.05, 0.1) is 37.7 Å². The van der Waals surface area contributed by atoms with Gasteiger partial charge >= 0.3 is 0 Å². The molecule has 9 rings (SSSR count). The Morgan fingerprint density at radius 3 is 2.29 bits per heavy atom. The van der Waals surface area contributed by atoms with Gasteiger partial charge in [0.2, 0.25) is 17.7 Å². The summed E-state index contributed by atoms with van der Waals surface area (Å²) in [5, 5.41) is 32.5. The van der Waals surface area contributed by atoms with Gasteiger partial charge in [0.1, 0.15) is 17.8 Å². The number of piperidine rings is 1. The highest BCUT2D eigenvalue weighted by molar-refractivity contribution is 5.96. The van der Waals surface area contributed by atoms with Crippen LogP contribution < -0.4 is 16.0 Å². The molecule has 3 aliphatic heterocycles. The van der Waals surface area contributed by atoms with E-state index in [0.717, 1.165) is 44.3 Å². The predicted octanol–water partition coefficient (Wildman–Crippen LogP) is 3.56. The number of nitrogens with zero attached hydrogens (tertiary/aromatic N) is 6. The molecule has 0 aliphatic carbocycles. The molecule has 1 fully saturated rings. The van der Waals surface area contributed by atoms with Gasteiger partial charge in [-0.05, 0) is 70.2 Å². The lowest BCUT2D eigenvalue weighted by Gasteiger charge is -2.51. The topological polar surface area (TPSA) is 205 Å². The number of H-pyrrole nitrogens is 3. The summed E-state index contributed by atoms with van der Waals surface area (Å²) in [5.74, 6) is -0.996. The molecule has 6 aromatic rings.